The molecular formula is C35H54N4O8S. The summed E-state index contributed by atoms with van der Waals surface area (Å²) in [5.41, 5.74) is 0.750. The molecule has 1 aliphatic rings. The highest BCUT2D eigenvalue weighted by Gasteiger charge is 2.32. The number of carbonyl (C=O) groups is 2. The second-order valence-corrected chi connectivity index (χ2v) is 15.0. The molecule has 0 unspecified atom stereocenters. The van der Waals surface area contributed by atoms with Crippen LogP contribution in [-0.2, 0) is 19.6 Å². The van der Waals surface area contributed by atoms with Crippen LogP contribution in [0.15, 0.2) is 47.4 Å². The van der Waals surface area contributed by atoms with Crippen molar-refractivity contribution in [1.29, 1.82) is 0 Å². The van der Waals surface area contributed by atoms with Crippen molar-refractivity contribution in [3.05, 3.63) is 48.0 Å². The number of nitrogens with one attached hydrogen (secondary N) is 1. The number of aliphatic hydroxyl groups excluding tert-OH is 1. The molecule has 3 rings (SSSR count). The first kappa shape index (κ1) is 39.2. The summed E-state index contributed by atoms with van der Waals surface area (Å²) in [7, 11) is 3.10. The van der Waals surface area contributed by atoms with Crippen LogP contribution in [-0.4, -0.2) is 119 Å². The van der Waals surface area contributed by atoms with E-state index in [1.807, 2.05) is 32.8 Å². The van der Waals surface area contributed by atoms with E-state index in [-0.39, 0.29) is 54.0 Å². The fourth-order valence-electron chi connectivity index (χ4n) is 5.52. The van der Waals surface area contributed by atoms with Crippen LogP contribution in [0.5, 0.6) is 11.5 Å². The normalized spacial score (nSPS) is 20.5. The molecule has 13 heteroatoms. The minimum atomic E-state index is -3.84. The van der Waals surface area contributed by atoms with Crippen LogP contribution in [0.2, 0.25) is 0 Å². The fourth-order valence-corrected chi connectivity index (χ4v) is 6.70. The van der Waals surface area contributed by atoms with Gasteiger partial charge in [0.05, 0.1) is 42.4 Å². The Kier molecular flexibility index (Phi) is 15.1. The molecule has 12 nitrogen and oxygen atoms in total. The quantitative estimate of drug-likeness (QED) is 0.337. The van der Waals surface area contributed by atoms with Gasteiger partial charge in [-0.25, -0.2) is 8.42 Å². The second kappa shape index (κ2) is 18.5. The maximum absolute atomic E-state index is 14.3. The van der Waals surface area contributed by atoms with E-state index >= 15 is 0 Å². The standard InChI is InChI=1S/C35H54N4O8S/c1-25-22-39(26(2)24-40)35(42)31-21-28(36-34(41)12-10-19-37(4)5)13-18-32(31)47-27(3)11-8-9-20-46-33(25)23-38(6)48(43,44)30-16-14-29(45-7)15-17-30/h13-18,21,25-27,33,40H,8-12,19-20,22-24H2,1-7H3,(H,36,41)/t25-,26-,27+,33-/m1/s1. The number of aliphatic hydroxyl groups is 1. The van der Waals surface area contributed by atoms with E-state index in [2.05, 4.69) is 5.32 Å². The van der Waals surface area contributed by atoms with E-state index in [0.717, 1.165) is 19.4 Å². The van der Waals surface area contributed by atoms with Crippen LogP contribution in [0.1, 0.15) is 63.2 Å². The SMILES string of the molecule is COc1ccc(S(=O)(=O)N(C)C[C@H]2OCCCC[C@H](C)Oc3ccc(NC(=O)CCCN(C)C)cc3C(=O)N([C@H](C)CO)C[C@H]2C)cc1. The molecular weight excluding hydrogens is 636 g/mol. The highest BCUT2D eigenvalue weighted by molar-refractivity contribution is 7.89. The molecule has 48 heavy (non-hydrogen) atoms. The number of rotatable bonds is 12. The first-order valence-electron chi connectivity index (χ1n) is 16.7. The van der Waals surface area contributed by atoms with Gasteiger partial charge in [-0.1, -0.05) is 6.92 Å². The third-order valence-corrected chi connectivity index (χ3v) is 10.4. The Bertz CT molecular complexity index is 1440. The van der Waals surface area contributed by atoms with Crippen LogP contribution >= 0.6 is 0 Å². The van der Waals surface area contributed by atoms with E-state index < -0.39 is 22.2 Å². The number of fused-ring (bicyclic) bond motifs is 1. The molecule has 0 aliphatic carbocycles. The zero-order valence-corrected chi connectivity index (χ0v) is 30.3. The van der Waals surface area contributed by atoms with Gasteiger partial charge in [0.15, 0.2) is 0 Å². The van der Waals surface area contributed by atoms with Gasteiger partial charge in [0.2, 0.25) is 15.9 Å². The second-order valence-electron chi connectivity index (χ2n) is 12.9. The summed E-state index contributed by atoms with van der Waals surface area (Å²) in [4.78, 5) is 30.7. The largest absolute Gasteiger partial charge is 0.497 e. The molecule has 0 spiro atoms. The lowest BCUT2D eigenvalue weighted by Gasteiger charge is -2.35. The number of carbonyl (C=O) groups excluding carboxylic acids is 2. The number of hydrogen-bond donors (Lipinski definition) is 2. The summed E-state index contributed by atoms with van der Waals surface area (Å²) < 4.78 is 46.1. The van der Waals surface area contributed by atoms with Crippen LogP contribution in [0.4, 0.5) is 5.69 Å². The minimum Gasteiger partial charge on any atom is -0.497 e. The van der Waals surface area contributed by atoms with Gasteiger partial charge >= 0.3 is 0 Å². The third kappa shape index (κ3) is 11.2. The number of methoxy groups -OCH3 is 1. The highest BCUT2D eigenvalue weighted by atomic mass is 32.2. The van der Waals surface area contributed by atoms with Gasteiger partial charge in [0, 0.05) is 44.8 Å². The zero-order chi connectivity index (χ0) is 35.4. The molecule has 0 saturated heterocycles. The first-order valence-corrected chi connectivity index (χ1v) is 18.1. The van der Waals surface area contributed by atoms with Crippen molar-refractivity contribution in [3.8, 4) is 11.5 Å². The number of benzene rings is 2. The average Bonchev–Trinajstić information content (AvgIpc) is 3.05. The predicted octanol–water partition coefficient (Wildman–Crippen LogP) is 4.09. The average molecular weight is 691 g/mol. The lowest BCUT2D eigenvalue weighted by atomic mass is 10.0. The molecule has 0 radical (unpaired) electrons. The Morgan fingerprint density at radius 2 is 1.83 bits per heavy atom. The van der Waals surface area contributed by atoms with Gasteiger partial charge in [-0.3, -0.25) is 9.59 Å². The van der Waals surface area contributed by atoms with Crippen molar-refractivity contribution < 1.29 is 37.3 Å². The summed E-state index contributed by atoms with van der Waals surface area (Å²) in [5, 5.41) is 13.1. The van der Waals surface area contributed by atoms with Crippen LogP contribution in [0, 0.1) is 5.92 Å². The molecule has 268 valence electrons. The van der Waals surface area contributed by atoms with E-state index in [4.69, 9.17) is 14.2 Å². The maximum atomic E-state index is 14.3. The number of sulfonamides is 1. The summed E-state index contributed by atoms with van der Waals surface area (Å²) in [6.45, 7) is 6.76. The Balaban J connectivity index is 1.92. The highest BCUT2D eigenvalue weighted by Crippen LogP contribution is 2.29. The molecule has 0 fully saturated rings. The smallest absolute Gasteiger partial charge is 0.258 e. The van der Waals surface area contributed by atoms with Gasteiger partial charge in [-0.2, -0.15) is 4.31 Å². The number of hydrogen-bond acceptors (Lipinski definition) is 9. The Morgan fingerprint density at radius 1 is 1.12 bits per heavy atom. The molecule has 2 N–H and O–H groups in total. The summed E-state index contributed by atoms with van der Waals surface area (Å²) >= 11 is 0. The molecule has 2 amide bonds. The van der Waals surface area contributed by atoms with Crippen molar-refractivity contribution in [1.82, 2.24) is 14.1 Å². The Morgan fingerprint density at radius 3 is 2.48 bits per heavy atom. The van der Waals surface area contributed by atoms with Gasteiger partial charge in [0.25, 0.3) is 5.91 Å². The maximum Gasteiger partial charge on any atom is 0.258 e. The molecule has 4 atom stereocenters. The molecule has 0 saturated carbocycles. The van der Waals surface area contributed by atoms with Gasteiger partial charge in [-0.15, -0.1) is 0 Å². The van der Waals surface area contributed by atoms with Crippen molar-refractivity contribution in [2.45, 2.75) is 76.0 Å². The topological polar surface area (TPSA) is 138 Å². The van der Waals surface area contributed by atoms with E-state index in [0.29, 0.717) is 43.1 Å². The van der Waals surface area contributed by atoms with Crippen molar-refractivity contribution >= 4 is 27.5 Å². The van der Waals surface area contributed by atoms with Gasteiger partial charge in [0.1, 0.15) is 11.5 Å². The Hall–Kier alpha value is -3.23. The third-order valence-electron chi connectivity index (χ3n) is 8.55. The summed E-state index contributed by atoms with van der Waals surface area (Å²) in [6.07, 6.45) is 2.55. The van der Waals surface area contributed by atoms with Crippen LogP contribution in [0.25, 0.3) is 0 Å². The molecule has 1 aliphatic heterocycles. The number of anilines is 1. The van der Waals surface area contributed by atoms with Crippen molar-refractivity contribution in [3.63, 3.8) is 0 Å². The summed E-state index contributed by atoms with van der Waals surface area (Å²) in [5.74, 6) is 0.114. The number of amides is 2. The predicted molar refractivity (Wildman–Crippen MR) is 186 cm³/mol. The lowest BCUT2D eigenvalue weighted by Crippen LogP contribution is -2.48. The van der Waals surface area contributed by atoms with Gasteiger partial charge in [-0.05, 0) is 103 Å². The lowest BCUT2D eigenvalue weighted by molar-refractivity contribution is -0.116. The number of nitrogens with zero attached hydrogens (tertiary/aromatic N) is 3. The zero-order valence-electron chi connectivity index (χ0n) is 29.5. The van der Waals surface area contributed by atoms with Gasteiger partial charge < -0.3 is 34.4 Å². The van der Waals surface area contributed by atoms with E-state index in [1.165, 1.54) is 30.6 Å². The van der Waals surface area contributed by atoms with E-state index in [9.17, 15) is 23.1 Å². The molecule has 2 aromatic rings. The number of likely N-dealkylation sites (N-methyl/N-ethyl adjacent to an activating group) is 1. The fraction of sp³-hybridized carbons (Fsp3) is 0.600. The van der Waals surface area contributed by atoms with E-state index in [1.54, 1.807) is 42.2 Å². The van der Waals surface area contributed by atoms with Crippen molar-refractivity contribution in [2.75, 3.05) is 66.4 Å². The first-order chi connectivity index (χ1) is 22.8. The monoisotopic (exact) mass is 690 g/mol. The summed E-state index contributed by atoms with van der Waals surface area (Å²) in [6, 6.07) is 10.7. The minimum absolute atomic E-state index is 0.0607. The number of ether oxygens (including phenoxy) is 3. The molecule has 1 heterocycles. The molecule has 0 aromatic heterocycles. The van der Waals surface area contributed by atoms with Crippen LogP contribution < -0.4 is 14.8 Å². The van der Waals surface area contributed by atoms with Crippen molar-refractivity contribution in [2.24, 2.45) is 5.92 Å². The Labute approximate surface area is 286 Å². The molecule has 0 bridgehead atoms. The van der Waals surface area contributed by atoms with Crippen LogP contribution in [0.3, 0.4) is 0 Å². The molecule has 2 aromatic carbocycles.